The fourth-order valence-electron chi connectivity index (χ4n) is 2.05. The highest BCUT2D eigenvalue weighted by Crippen LogP contribution is 2.33. The average Bonchev–Trinajstić information content (AvgIpc) is 2.37. The minimum Gasteiger partial charge on any atom is -0.382 e. The molecule has 1 saturated heterocycles. The van der Waals surface area contributed by atoms with E-state index in [9.17, 15) is 13.2 Å². The third-order valence-electron chi connectivity index (χ3n) is 3.12. The van der Waals surface area contributed by atoms with Crippen molar-refractivity contribution in [1.29, 1.82) is 0 Å². The second-order valence-corrected chi connectivity index (χ2v) is 5.00. The molecule has 0 aromatic heterocycles. The van der Waals surface area contributed by atoms with Gasteiger partial charge in [0, 0.05) is 32.8 Å². The molecule has 3 nitrogen and oxygen atoms in total. The van der Waals surface area contributed by atoms with E-state index >= 15 is 0 Å². The van der Waals surface area contributed by atoms with Crippen LogP contribution in [0.5, 0.6) is 0 Å². The normalized spacial score (nSPS) is 20.4. The zero-order chi connectivity index (χ0) is 14.3. The molecule has 19 heavy (non-hydrogen) atoms. The molecule has 0 aliphatic carbocycles. The third-order valence-corrected chi connectivity index (χ3v) is 3.52. The van der Waals surface area contributed by atoms with Gasteiger partial charge in [-0.2, -0.15) is 13.2 Å². The molecule has 1 aliphatic rings. The topological polar surface area (TPSA) is 24.5 Å². The number of rotatable bonds is 5. The highest BCUT2D eigenvalue weighted by molar-refractivity contribution is 7.80. The molecule has 1 heterocycles. The van der Waals surface area contributed by atoms with Crippen LogP contribution in [0, 0.1) is 5.92 Å². The molecule has 0 bridgehead atoms. The summed E-state index contributed by atoms with van der Waals surface area (Å²) in [4.78, 5) is 1.62. The van der Waals surface area contributed by atoms with Gasteiger partial charge < -0.3 is 15.0 Å². The SMILES string of the molecule is CCOCCCNC(=S)N1CCCC(C(F)(F)F)C1. The van der Waals surface area contributed by atoms with Crippen molar-refractivity contribution in [3.8, 4) is 0 Å². The van der Waals surface area contributed by atoms with Crippen molar-refractivity contribution in [2.45, 2.75) is 32.4 Å². The summed E-state index contributed by atoms with van der Waals surface area (Å²) in [5.74, 6) is -1.26. The summed E-state index contributed by atoms with van der Waals surface area (Å²) in [6, 6.07) is 0. The quantitative estimate of drug-likeness (QED) is 0.623. The number of nitrogens with zero attached hydrogens (tertiary/aromatic N) is 1. The second-order valence-electron chi connectivity index (χ2n) is 4.61. The minimum absolute atomic E-state index is 0.0270. The maximum Gasteiger partial charge on any atom is 0.393 e. The first-order valence-electron chi connectivity index (χ1n) is 6.62. The molecular formula is C12H21F3N2OS. The Labute approximate surface area is 117 Å². The molecule has 1 atom stereocenters. The first-order chi connectivity index (χ1) is 8.95. The van der Waals surface area contributed by atoms with E-state index in [1.165, 1.54) is 0 Å². The average molecular weight is 298 g/mol. The molecule has 112 valence electrons. The molecule has 1 unspecified atom stereocenters. The van der Waals surface area contributed by atoms with E-state index in [4.69, 9.17) is 17.0 Å². The number of hydrogen-bond acceptors (Lipinski definition) is 2. The van der Waals surface area contributed by atoms with Crippen LogP contribution >= 0.6 is 12.2 Å². The number of thiocarbonyl (C=S) groups is 1. The van der Waals surface area contributed by atoms with E-state index in [0.29, 0.717) is 37.8 Å². The zero-order valence-corrected chi connectivity index (χ0v) is 11.9. The van der Waals surface area contributed by atoms with Gasteiger partial charge in [-0.05, 0) is 38.4 Å². The fourth-order valence-corrected chi connectivity index (χ4v) is 2.32. The maximum atomic E-state index is 12.7. The number of ether oxygens (including phenoxy) is 1. The van der Waals surface area contributed by atoms with Crippen molar-refractivity contribution in [3.63, 3.8) is 0 Å². The van der Waals surface area contributed by atoms with Gasteiger partial charge in [-0.3, -0.25) is 0 Å². The molecule has 0 aromatic rings. The Morgan fingerprint density at radius 2 is 2.21 bits per heavy atom. The van der Waals surface area contributed by atoms with Crippen molar-refractivity contribution in [3.05, 3.63) is 0 Å². The molecule has 7 heteroatoms. The smallest absolute Gasteiger partial charge is 0.382 e. The fraction of sp³-hybridized carbons (Fsp3) is 0.917. The molecule has 1 aliphatic heterocycles. The Hall–Kier alpha value is -0.560. The summed E-state index contributed by atoms with van der Waals surface area (Å²) in [5, 5.41) is 3.41. The number of alkyl halides is 3. The van der Waals surface area contributed by atoms with Gasteiger partial charge in [-0.25, -0.2) is 0 Å². The lowest BCUT2D eigenvalue weighted by molar-refractivity contribution is -0.183. The lowest BCUT2D eigenvalue weighted by atomic mass is 9.98. The van der Waals surface area contributed by atoms with Crippen LogP contribution < -0.4 is 5.32 Å². The number of halogens is 3. The van der Waals surface area contributed by atoms with E-state index in [1.54, 1.807) is 4.90 Å². The minimum atomic E-state index is -4.12. The van der Waals surface area contributed by atoms with Crippen LogP contribution in [-0.4, -0.2) is 49.0 Å². The second kappa shape index (κ2) is 7.89. The summed E-state index contributed by atoms with van der Waals surface area (Å²) in [5.41, 5.74) is 0. The van der Waals surface area contributed by atoms with Crippen molar-refractivity contribution in [2.24, 2.45) is 5.92 Å². The van der Waals surface area contributed by atoms with E-state index < -0.39 is 12.1 Å². The summed E-state index contributed by atoms with van der Waals surface area (Å²) in [7, 11) is 0. The van der Waals surface area contributed by atoms with Gasteiger partial charge in [0.15, 0.2) is 5.11 Å². The van der Waals surface area contributed by atoms with Gasteiger partial charge in [0.1, 0.15) is 0 Å². The summed E-state index contributed by atoms with van der Waals surface area (Å²) in [6.45, 7) is 4.43. The molecule has 0 radical (unpaired) electrons. The largest absolute Gasteiger partial charge is 0.393 e. The molecule has 0 amide bonds. The van der Waals surface area contributed by atoms with E-state index in [2.05, 4.69) is 5.32 Å². The third kappa shape index (κ3) is 5.95. The Balaban J connectivity index is 2.28. The summed E-state index contributed by atoms with van der Waals surface area (Å²) < 4.78 is 43.2. The lowest BCUT2D eigenvalue weighted by Crippen LogP contribution is -2.48. The van der Waals surface area contributed by atoms with E-state index in [-0.39, 0.29) is 13.0 Å². The van der Waals surface area contributed by atoms with E-state index in [0.717, 1.165) is 6.42 Å². The van der Waals surface area contributed by atoms with Crippen LogP contribution in [0.2, 0.25) is 0 Å². The molecule has 1 fully saturated rings. The molecule has 1 N–H and O–H groups in total. The first kappa shape index (κ1) is 16.5. The molecule has 0 saturated carbocycles. The van der Waals surface area contributed by atoms with Crippen LogP contribution in [0.3, 0.4) is 0 Å². The van der Waals surface area contributed by atoms with Gasteiger partial charge in [-0.1, -0.05) is 0 Å². The van der Waals surface area contributed by atoms with Gasteiger partial charge in [0.25, 0.3) is 0 Å². The molecule has 0 aromatic carbocycles. The van der Waals surface area contributed by atoms with Gasteiger partial charge in [0.05, 0.1) is 5.92 Å². The molecule has 0 spiro atoms. The Kier molecular flexibility index (Phi) is 6.85. The molecular weight excluding hydrogens is 277 g/mol. The standard InChI is InChI=1S/C12H21F3N2OS/c1-2-18-8-4-6-16-11(19)17-7-3-5-10(9-17)12(13,14)15/h10H,2-9H2,1H3,(H,16,19). The molecule has 1 rings (SSSR count). The summed E-state index contributed by atoms with van der Waals surface area (Å²) in [6.07, 6.45) is -2.59. The van der Waals surface area contributed by atoms with Gasteiger partial charge in [0.2, 0.25) is 0 Å². The maximum absolute atomic E-state index is 12.7. The lowest BCUT2D eigenvalue weighted by Gasteiger charge is -2.35. The Bertz CT molecular complexity index is 287. The van der Waals surface area contributed by atoms with Crippen LogP contribution in [-0.2, 0) is 4.74 Å². The van der Waals surface area contributed by atoms with Crippen molar-refractivity contribution >= 4 is 17.3 Å². The predicted molar refractivity (Wildman–Crippen MR) is 72.1 cm³/mol. The van der Waals surface area contributed by atoms with Gasteiger partial charge in [-0.15, -0.1) is 0 Å². The van der Waals surface area contributed by atoms with Crippen molar-refractivity contribution in [1.82, 2.24) is 10.2 Å². The Morgan fingerprint density at radius 1 is 1.47 bits per heavy atom. The number of nitrogens with one attached hydrogen (secondary N) is 1. The van der Waals surface area contributed by atoms with Crippen LogP contribution in [0.4, 0.5) is 13.2 Å². The van der Waals surface area contributed by atoms with Crippen LogP contribution in [0.1, 0.15) is 26.2 Å². The number of likely N-dealkylation sites (tertiary alicyclic amines) is 1. The number of piperidine rings is 1. The monoisotopic (exact) mass is 298 g/mol. The van der Waals surface area contributed by atoms with Crippen LogP contribution in [0.25, 0.3) is 0 Å². The van der Waals surface area contributed by atoms with Crippen molar-refractivity contribution < 1.29 is 17.9 Å². The predicted octanol–water partition coefficient (Wildman–Crippen LogP) is 2.56. The van der Waals surface area contributed by atoms with Gasteiger partial charge >= 0.3 is 6.18 Å². The zero-order valence-electron chi connectivity index (χ0n) is 11.1. The van der Waals surface area contributed by atoms with E-state index in [1.807, 2.05) is 6.92 Å². The number of hydrogen-bond donors (Lipinski definition) is 1. The highest BCUT2D eigenvalue weighted by Gasteiger charge is 2.42. The Morgan fingerprint density at radius 3 is 2.84 bits per heavy atom. The van der Waals surface area contributed by atoms with Crippen LogP contribution in [0.15, 0.2) is 0 Å². The summed E-state index contributed by atoms with van der Waals surface area (Å²) >= 11 is 5.13. The highest BCUT2D eigenvalue weighted by atomic mass is 32.1. The first-order valence-corrected chi connectivity index (χ1v) is 7.03. The van der Waals surface area contributed by atoms with Crippen molar-refractivity contribution in [2.75, 3.05) is 32.8 Å².